The van der Waals surface area contributed by atoms with Gasteiger partial charge in [0.25, 0.3) is 5.91 Å². The maximum absolute atomic E-state index is 12.6. The zero-order valence-electron chi connectivity index (χ0n) is 19.5. The van der Waals surface area contributed by atoms with Gasteiger partial charge in [-0.2, -0.15) is 0 Å². The van der Waals surface area contributed by atoms with Crippen LogP contribution in [0, 0.1) is 0 Å². The summed E-state index contributed by atoms with van der Waals surface area (Å²) >= 11 is 0. The smallest absolute Gasteiger partial charge is 0.336 e. The fourth-order valence-corrected chi connectivity index (χ4v) is 4.13. The van der Waals surface area contributed by atoms with Crippen molar-refractivity contribution in [2.24, 2.45) is 0 Å². The average molecular weight is 468 g/mol. The van der Waals surface area contributed by atoms with E-state index in [-0.39, 0.29) is 19.1 Å². The lowest BCUT2D eigenvalue weighted by Crippen LogP contribution is -2.38. The van der Waals surface area contributed by atoms with Gasteiger partial charge in [-0.1, -0.05) is 30.3 Å². The first-order valence-corrected chi connectivity index (χ1v) is 11.2. The number of aryl methyl sites for hydroxylation is 1. The summed E-state index contributed by atoms with van der Waals surface area (Å²) in [7, 11) is 1.52. The fraction of sp³-hybridized carbons (Fsp3) is 0.385. The molecular weight excluding hydrogens is 438 g/mol. The molecule has 8 nitrogen and oxygen atoms in total. The summed E-state index contributed by atoms with van der Waals surface area (Å²) in [5.41, 5.74) is 1.77. The molecule has 0 saturated heterocycles. The number of carbonyl (C=O) groups excluding carboxylic acids is 1. The van der Waals surface area contributed by atoms with Crippen molar-refractivity contribution < 1.29 is 28.9 Å². The molecule has 1 aliphatic rings. The van der Waals surface area contributed by atoms with Gasteiger partial charge in [-0.05, 0) is 32.3 Å². The molecule has 2 heterocycles. The topological polar surface area (TPSA) is 109 Å². The van der Waals surface area contributed by atoms with E-state index in [0.29, 0.717) is 34.5 Å². The second-order valence-corrected chi connectivity index (χ2v) is 9.16. The predicted molar refractivity (Wildman–Crippen MR) is 127 cm³/mol. The van der Waals surface area contributed by atoms with Crippen LogP contribution in [0.15, 0.2) is 51.7 Å². The highest BCUT2D eigenvalue weighted by Gasteiger charge is 2.31. The third-order valence-corrected chi connectivity index (χ3v) is 5.96. The van der Waals surface area contributed by atoms with Crippen LogP contribution < -0.4 is 15.1 Å². The summed E-state index contributed by atoms with van der Waals surface area (Å²) in [5, 5.41) is 19.3. The van der Waals surface area contributed by atoms with Crippen molar-refractivity contribution >= 4 is 16.9 Å². The van der Waals surface area contributed by atoms with Crippen molar-refractivity contribution in [2.75, 3.05) is 26.8 Å². The Balaban J connectivity index is 1.81. The number of carbonyl (C=O) groups is 1. The number of nitrogens with zero attached hydrogens (tertiary/aromatic N) is 1. The van der Waals surface area contributed by atoms with E-state index < -0.39 is 23.9 Å². The van der Waals surface area contributed by atoms with Crippen molar-refractivity contribution in [1.29, 1.82) is 0 Å². The van der Waals surface area contributed by atoms with E-state index in [2.05, 4.69) is 0 Å². The highest BCUT2D eigenvalue weighted by Crippen LogP contribution is 2.44. The Morgan fingerprint density at radius 2 is 1.97 bits per heavy atom. The maximum atomic E-state index is 12.6. The second-order valence-electron chi connectivity index (χ2n) is 9.16. The van der Waals surface area contributed by atoms with E-state index in [1.807, 2.05) is 44.2 Å². The van der Waals surface area contributed by atoms with Gasteiger partial charge >= 0.3 is 5.63 Å². The number of amides is 1. The normalized spacial score (nSPS) is 15.3. The number of hydrogen-bond donors (Lipinski definition) is 2. The van der Waals surface area contributed by atoms with E-state index in [4.69, 9.17) is 19.0 Å². The lowest BCUT2D eigenvalue weighted by atomic mass is 9.91. The van der Waals surface area contributed by atoms with Crippen LogP contribution in [-0.4, -0.2) is 59.5 Å². The minimum Gasteiger partial charge on any atom is -0.487 e. The summed E-state index contributed by atoms with van der Waals surface area (Å²) in [6.45, 7) is 3.20. The Morgan fingerprint density at radius 3 is 2.68 bits per heavy atom. The molecule has 1 aromatic heterocycles. The first kappa shape index (κ1) is 23.8. The highest BCUT2D eigenvalue weighted by molar-refractivity contribution is 6.00. The Morgan fingerprint density at radius 1 is 1.24 bits per heavy atom. The molecule has 0 aliphatic carbocycles. The van der Waals surface area contributed by atoms with E-state index in [9.17, 15) is 14.7 Å². The van der Waals surface area contributed by atoms with Crippen LogP contribution in [0.2, 0.25) is 0 Å². The zero-order valence-corrected chi connectivity index (χ0v) is 19.5. The first-order chi connectivity index (χ1) is 16.2. The Labute approximate surface area is 197 Å². The summed E-state index contributed by atoms with van der Waals surface area (Å²) in [5.74, 6) is 0.542. The Hall–Kier alpha value is -3.36. The molecule has 0 bridgehead atoms. The van der Waals surface area contributed by atoms with E-state index in [0.717, 1.165) is 17.5 Å². The van der Waals surface area contributed by atoms with Crippen LogP contribution in [0.1, 0.15) is 25.8 Å². The number of rotatable bonds is 7. The van der Waals surface area contributed by atoms with Crippen molar-refractivity contribution in [3.63, 3.8) is 0 Å². The van der Waals surface area contributed by atoms with Gasteiger partial charge in [-0.25, -0.2) is 4.79 Å². The number of aliphatic hydroxyl groups excluding tert-OH is 2. The third-order valence-electron chi connectivity index (χ3n) is 5.96. The highest BCUT2D eigenvalue weighted by atomic mass is 16.5. The van der Waals surface area contributed by atoms with Gasteiger partial charge in [-0.15, -0.1) is 0 Å². The van der Waals surface area contributed by atoms with Crippen LogP contribution in [0.5, 0.6) is 11.5 Å². The van der Waals surface area contributed by atoms with Gasteiger partial charge in [0.05, 0.1) is 18.1 Å². The first-order valence-electron chi connectivity index (χ1n) is 11.2. The number of likely N-dealkylation sites (N-methyl/N-ethyl adjacent to an activating group) is 1. The minimum absolute atomic E-state index is 0.0227. The summed E-state index contributed by atoms with van der Waals surface area (Å²) < 4.78 is 17.8. The maximum Gasteiger partial charge on any atom is 0.336 e. The average Bonchev–Trinajstić information content (AvgIpc) is 2.81. The molecule has 0 saturated carbocycles. The van der Waals surface area contributed by atoms with Crippen LogP contribution >= 0.6 is 0 Å². The van der Waals surface area contributed by atoms with Gasteiger partial charge < -0.3 is 29.0 Å². The molecule has 8 heteroatoms. The zero-order chi connectivity index (χ0) is 24.5. The summed E-state index contributed by atoms with van der Waals surface area (Å²) in [6, 6.07) is 12.6. The van der Waals surface area contributed by atoms with Gasteiger partial charge in [0, 0.05) is 36.9 Å². The number of benzene rings is 2. The molecule has 0 spiro atoms. The lowest BCUT2D eigenvalue weighted by Gasteiger charge is -2.33. The second kappa shape index (κ2) is 9.48. The molecule has 180 valence electrons. The van der Waals surface area contributed by atoms with Crippen molar-refractivity contribution in [3.05, 3.63) is 58.4 Å². The number of aliphatic hydroxyl groups is 2. The standard InChI is InChI=1S/C26H29NO7/c1-26(2)10-9-18-20(34-26)12-21(32-15-22(30)27(3)13-17(29)14-28)24-19(11-23(31)33-25(18)24)16-7-5-4-6-8-16/h4-8,11-12,17,28-29H,9-10,13-15H2,1-3H3/t17-/m0/s1. The minimum atomic E-state index is -1.03. The third kappa shape index (κ3) is 4.93. The number of fused-ring (bicyclic) bond motifs is 3. The Bertz CT molecular complexity index is 1250. The molecule has 2 N–H and O–H groups in total. The molecule has 2 aromatic carbocycles. The monoisotopic (exact) mass is 467 g/mol. The summed E-state index contributed by atoms with van der Waals surface area (Å²) in [6.07, 6.45) is 0.389. The molecule has 0 radical (unpaired) electrons. The molecule has 4 rings (SSSR count). The van der Waals surface area contributed by atoms with E-state index >= 15 is 0 Å². The van der Waals surface area contributed by atoms with E-state index in [1.54, 1.807) is 6.07 Å². The summed E-state index contributed by atoms with van der Waals surface area (Å²) in [4.78, 5) is 26.4. The molecule has 0 unspecified atom stereocenters. The molecule has 3 aromatic rings. The van der Waals surface area contributed by atoms with E-state index in [1.165, 1.54) is 18.0 Å². The lowest BCUT2D eigenvalue weighted by molar-refractivity contribution is -0.133. The van der Waals surface area contributed by atoms with Crippen molar-refractivity contribution in [3.8, 4) is 22.6 Å². The fourth-order valence-electron chi connectivity index (χ4n) is 4.13. The van der Waals surface area contributed by atoms with Crippen LogP contribution in [-0.2, 0) is 11.2 Å². The van der Waals surface area contributed by atoms with Crippen molar-refractivity contribution in [2.45, 2.75) is 38.4 Å². The van der Waals surface area contributed by atoms with Gasteiger partial charge in [0.1, 0.15) is 22.7 Å². The SMILES string of the molecule is CN(C[C@H](O)CO)C(=O)COc1cc2c(c3oc(=O)cc(-c4ccccc4)c13)CCC(C)(C)O2. The molecule has 34 heavy (non-hydrogen) atoms. The quantitative estimate of drug-likeness (QED) is 0.514. The van der Waals surface area contributed by atoms with Crippen molar-refractivity contribution in [1.82, 2.24) is 4.90 Å². The molecular formula is C26H29NO7. The van der Waals surface area contributed by atoms with Crippen LogP contribution in [0.3, 0.4) is 0 Å². The largest absolute Gasteiger partial charge is 0.487 e. The molecule has 1 atom stereocenters. The van der Waals surface area contributed by atoms with Crippen LogP contribution in [0.4, 0.5) is 0 Å². The van der Waals surface area contributed by atoms with Gasteiger partial charge in [0.2, 0.25) is 0 Å². The molecule has 1 amide bonds. The van der Waals surface area contributed by atoms with Gasteiger partial charge in [0.15, 0.2) is 6.61 Å². The van der Waals surface area contributed by atoms with Gasteiger partial charge in [-0.3, -0.25) is 4.79 Å². The molecule has 0 fully saturated rings. The predicted octanol–water partition coefficient (Wildman–Crippen LogP) is 2.75. The Kier molecular flexibility index (Phi) is 6.63. The number of hydrogen-bond acceptors (Lipinski definition) is 7. The molecule has 1 aliphatic heterocycles. The van der Waals surface area contributed by atoms with Crippen LogP contribution in [0.25, 0.3) is 22.1 Å². The number of ether oxygens (including phenoxy) is 2.